The van der Waals surface area contributed by atoms with Crippen molar-refractivity contribution in [2.45, 2.75) is 43.7 Å². The van der Waals surface area contributed by atoms with Gasteiger partial charge in [-0.15, -0.1) is 0 Å². The molecule has 4 heterocycles. The number of fused-ring (bicyclic) bond motifs is 4. The molecule has 0 amide bonds. The van der Waals surface area contributed by atoms with Crippen molar-refractivity contribution in [2.75, 3.05) is 13.2 Å². The molecular weight excluding hydrogens is 272 g/mol. The van der Waals surface area contributed by atoms with Crippen LogP contribution in [0.5, 0.6) is 0 Å². The van der Waals surface area contributed by atoms with Gasteiger partial charge in [0.25, 0.3) is 0 Å². The second-order valence-corrected chi connectivity index (χ2v) is 7.95. The first kappa shape index (κ1) is 12.3. The van der Waals surface area contributed by atoms with Gasteiger partial charge in [-0.25, -0.2) is 0 Å². The summed E-state index contributed by atoms with van der Waals surface area (Å²) in [6.45, 7) is 4.50. The molecule has 6 atom stereocenters. The van der Waals surface area contributed by atoms with Crippen LogP contribution in [0, 0.1) is 17.3 Å². The molecule has 3 saturated heterocycles. The quantitative estimate of drug-likeness (QED) is 0.864. The molecule has 2 saturated carbocycles. The molecule has 5 fully saturated rings. The largest absolute Gasteiger partial charge is 0.372 e. The first-order chi connectivity index (χ1) is 10.8. The van der Waals surface area contributed by atoms with Gasteiger partial charge in [-0.3, -0.25) is 4.99 Å². The second-order valence-electron chi connectivity index (χ2n) is 7.95. The van der Waals surface area contributed by atoms with Crippen LogP contribution in [0.25, 0.3) is 0 Å². The number of para-hydroxylation sites is 1. The van der Waals surface area contributed by atoms with Crippen molar-refractivity contribution in [2.24, 2.45) is 22.2 Å². The molecule has 3 nitrogen and oxygen atoms in total. The van der Waals surface area contributed by atoms with E-state index in [1.165, 1.54) is 36.2 Å². The fourth-order valence-corrected chi connectivity index (χ4v) is 6.93. The Bertz CT molecular complexity index is 713. The third-order valence-corrected chi connectivity index (χ3v) is 7.73. The zero-order valence-electron chi connectivity index (χ0n) is 13.0. The molecule has 0 radical (unpaired) electrons. The number of hydrogen-bond acceptors (Lipinski definition) is 3. The van der Waals surface area contributed by atoms with Gasteiger partial charge in [-0.05, 0) is 36.8 Å². The summed E-state index contributed by atoms with van der Waals surface area (Å²) in [5.74, 6) is 1.52. The van der Waals surface area contributed by atoms with Crippen molar-refractivity contribution >= 4 is 11.4 Å². The van der Waals surface area contributed by atoms with Crippen LogP contribution in [0.15, 0.2) is 29.3 Å². The zero-order chi connectivity index (χ0) is 14.5. The SMILES string of the molecule is CC[C@@]12CN[C@@H]3C[C@]14C(=Nc1ccccc14)[C@H]1CC2C3CO1. The smallest absolute Gasteiger partial charge is 0.0968 e. The summed E-state index contributed by atoms with van der Waals surface area (Å²) >= 11 is 0. The molecule has 3 heteroatoms. The van der Waals surface area contributed by atoms with Gasteiger partial charge >= 0.3 is 0 Å². The summed E-state index contributed by atoms with van der Waals surface area (Å²) in [5.41, 5.74) is 4.58. The minimum atomic E-state index is 0.152. The van der Waals surface area contributed by atoms with Crippen LogP contribution in [-0.4, -0.2) is 31.0 Å². The second kappa shape index (κ2) is 3.65. The molecule has 1 spiro atoms. The number of piperidine rings is 2. The van der Waals surface area contributed by atoms with Gasteiger partial charge in [0.1, 0.15) is 0 Å². The molecule has 22 heavy (non-hydrogen) atoms. The summed E-state index contributed by atoms with van der Waals surface area (Å²) in [6.07, 6.45) is 3.95. The van der Waals surface area contributed by atoms with Gasteiger partial charge < -0.3 is 10.1 Å². The minimum Gasteiger partial charge on any atom is -0.372 e. The number of aliphatic imine (C=N–C) groups is 1. The van der Waals surface area contributed by atoms with E-state index in [0.29, 0.717) is 17.4 Å². The molecule has 4 aliphatic heterocycles. The van der Waals surface area contributed by atoms with E-state index in [9.17, 15) is 0 Å². The number of rotatable bonds is 1. The highest BCUT2D eigenvalue weighted by Gasteiger charge is 2.73. The van der Waals surface area contributed by atoms with Crippen molar-refractivity contribution in [3.63, 3.8) is 0 Å². The Morgan fingerprint density at radius 3 is 3.18 bits per heavy atom. The fourth-order valence-electron chi connectivity index (χ4n) is 6.93. The van der Waals surface area contributed by atoms with Gasteiger partial charge in [-0.2, -0.15) is 0 Å². The van der Waals surface area contributed by atoms with E-state index >= 15 is 0 Å². The van der Waals surface area contributed by atoms with E-state index in [1.807, 2.05) is 0 Å². The number of hydrogen-bond donors (Lipinski definition) is 1. The first-order valence-electron chi connectivity index (χ1n) is 8.84. The van der Waals surface area contributed by atoms with Crippen LogP contribution in [0.4, 0.5) is 5.69 Å². The van der Waals surface area contributed by atoms with Gasteiger partial charge in [0.15, 0.2) is 0 Å². The molecule has 1 aromatic carbocycles. The number of nitrogens with zero attached hydrogens (tertiary/aromatic N) is 1. The summed E-state index contributed by atoms with van der Waals surface area (Å²) in [5, 5.41) is 3.87. The summed E-state index contributed by atoms with van der Waals surface area (Å²) in [7, 11) is 0. The third kappa shape index (κ3) is 1.04. The lowest BCUT2D eigenvalue weighted by Crippen LogP contribution is -2.79. The van der Waals surface area contributed by atoms with Crippen LogP contribution in [0.2, 0.25) is 0 Å². The van der Waals surface area contributed by atoms with Crippen molar-refractivity contribution in [1.82, 2.24) is 5.32 Å². The van der Waals surface area contributed by atoms with Crippen molar-refractivity contribution in [3.05, 3.63) is 29.8 Å². The maximum absolute atomic E-state index is 6.29. The zero-order valence-corrected chi connectivity index (χ0v) is 13.0. The number of benzene rings is 1. The Hall–Kier alpha value is -1.19. The molecule has 0 aromatic heterocycles. The Balaban J connectivity index is 1.71. The Labute approximate surface area is 131 Å². The molecule has 1 aromatic rings. The van der Waals surface area contributed by atoms with E-state index in [1.54, 1.807) is 0 Å². The monoisotopic (exact) mass is 294 g/mol. The van der Waals surface area contributed by atoms with Crippen LogP contribution in [0.3, 0.4) is 0 Å². The van der Waals surface area contributed by atoms with E-state index in [-0.39, 0.29) is 11.5 Å². The lowest BCUT2D eigenvalue weighted by Gasteiger charge is -2.71. The topological polar surface area (TPSA) is 33.6 Å². The normalized spacial score (nSPS) is 49.8. The van der Waals surface area contributed by atoms with Gasteiger partial charge in [0.2, 0.25) is 0 Å². The van der Waals surface area contributed by atoms with Gasteiger partial charge in [0.05, 0.1) is 24.1 Å². The molecule has 5 bridgehead atoms. The fraction of sp³-hybridized carbons (Fsp3) is 0.632. The van der Waals surface area contributed by atoms with Gasteiger partial charge in [0, 0.05) is 29.3 Å². The Kier molecular flexibility index (Phi) is 2.03. The van der Waals surface area contributed by atoms with Crippen molar-refractivity contribution in [3.8, 4) is 0 Å². The highest BCUT2D eigenvalue weighted by molar-refractivity contribution is 6.07. The van der Waals surface area contributed by atoms with E-state index < -0.39 is 0 Å². The summed E-state index contributed by atoms with van der Waals surface area (Å²) < 4.78 is 6.29. The predicted molar refractivity (Wildman–Crippen MR) is 85.7 cm³/mol. The predicted octanol–water partition coefficient (Wildman–Crippen LogP) is 2.82. The maximum Gasteiger partial charge on any atom is 0.0968 e. The van der Waals surface area contributed by atoms with E-state index in [0.717, 1.165) is 19.1 Å². The molecule has 114 valence electrons. The molecule has 2 aliphatic carbocycles. The molecular formula is C19H22N2O. The highest BCUT2D eigenvalue weighted by Crippen LogP contribution is 2.70. The summed E-state index contributed by atoms with van der Waals surface area (Å²) in [4.78, 5) is 5.14. The van der Waals surface area contributed by atoms with Crippen molar-refractivity contribution in [1.29, 1.82) is 0 Å². The maximum atomic E-state index is 6.29. The average molecular weight is 294 g/mol. The van der Waals surface area contributed by atoms with Crippen LogP contribution < -0.4 is 5.32 Å². The van der Waals surface area contributed by atoms with Crippen molar-refractivity contribution < 1.29 is 4.74 Å². The minimum absolute atomic E-state index is 0.152. The summed E-state index contributed by atoms with van der Waals surface area (Å²) in [6, 6.07) is 9.49. The van der Waals surface area contributed by atoms with Crippen LogP contribution >= 0.6 is 0 Å². The Morgan fingerprint density at radius 2 is 2.27 bits per heavy atom. The van der Waals surface area contributed by atoms with E-state index in [4.69, 9.17) is 9.73 Å². The van der Waals surface area contributed by atoms with Crippen LogP contribution in [0.1, 0.15) is 31.7 Å². The van der Waals surface area contributed by atoms with E-state index in [2.05, 4.69) is 36.5 Å². The standard InChI is InChI=1S/C19H22N2O/c1-2-18-10-20-15-8-19(18)12-5-3-4-6-14(12)21-17(19)16-7-13(18)11(15)9-22-16/h3-6,11,13,15-16,20H,2,7-10H2,1H3/t11?,13?,15-,16-,18+,19+/m1/s1. The molecule has 2 unspecified atom stereocenters. The third-order valence-electron chi connectivity index (χ3n) is 7.73. The molecule has 7 rings (SSSR count). The molecule has 1 N–H and O–H groups in total. The van der Waals surface area contributed by atoms with Crippen LogP contribution in [-0.2, 0) is 10.2 Å². The highest BCUT2D eigenvalue weighted by atomic mass is 16.5. The first-order valence-corrected chi connectivity index (χ1v) is 8.84. The Morgan fingerprint density at radius 1 is 1.36 bits per heavy atom. The average Bonchev–Trinajstić information content (AvgIpc) is 2.90. The number of ether oxygens (including phenoxy) is 1. The number of nitrogens with one attached hydrogen (secondary N) is 1. The molecule has 6 aliphatic rings. The lowest BCUT2D eigenvalue weighted by atomic mass is 9.37. The lowest BCUT2D eigenvalue weighted by molar-refractivity contribution is -0.172. The van der Waals surface area contributed by atoms with Gasteiger partial charge in [-0.1, -0.05) is 25.1 Å².